The van der Waals surface area contributed by atoms with Crippen molar-refractivity contribution in [3.05, 3.63) is 57.6 Å². The normalized spacial score (nSPS) is 10.8. The zero-order valence-corrected chi connectivity index (χ0v) is 17.7. The van der Waals surface area contributed by atoms with E-state index in [9.17, 15) is 0 Å². The largest absolute Gasteiger partial charge is 0.490 e. The van der Waals surface area contributed by atoms with Crippen LogP contribution in [0.15, 0.2) is 36.4 Å². The molecule has 2 aromatic carbocycles. The SMILES string of the molecule is CCCCCCNCc1ccc(OCc2ccc(Cl)c(Cl)c2)c(OCC)c1. The van der Waals surface area contributed by atoms with Gasteiger partial charge in [0.1, 0.15) is 6.61 Å². The second-order valence-electron chi connectivity index (χ2n) is 6.49. The van der Waals surface area contributed by atoms with Gasteiger partial charge in [0.25, 0.3) is 0 Å². The Morgan fingerprint density at radius 2 is 1.63 bits per heavy atom. The fraction of sp³-hybridized carbons (Fsp3) is 0.455. The second-order valence-corrected chi connectivity index (χ2v) is 7.30. The summed E-state index contributed by atoms with van der Waals surface area (Å²) in [6.07, 6.45) is 5.08. The van der Waals surface area contributed by atoms with Crippen LogP contribution in [0, 0.1) is 0 Å². The van der Waals surface area contributed by atoms with Gasteiger partial charge in [0.15, 0.2) is 11.5 Å². The van der Waals surface area contributed by atoms with Crippen molar-refractivity contribution in [2.24, 2.45) is 0 Å². The maximum absolute atomic E-state index is 6.07. The van der Waals surface area contributed by atoms with E-state index in [1.807, 2.05) is 31.2 Å². The average Bonchev–Trinajstić information content (AvgIpc) is 2.67. The van der Waals surface area contributed by atoms with E-state index < -0.39 is 0 Å². The molecule has 0 aromatic heterocycles. The summed E-state index contributed by atoms with van der Waals surface area (Å²) >= 11 is 12.0. The molecule has 0 aliphatic carbocycles. The van der Waals surface area contributed by atoms with Gasteiger partial charge in [0.05, 0.1) is 16.7 Å². The molecule has 2 rings (SSSR count). The van der Waals surface area contributed by atoms with Crippen LogP contribution in [0.4, 0.5) is 0 Å². The molecule has 0 radical (unpaired) electrons. The predicted octanol–water partition coefficient (Wildman–Crippen LogP) is 6.64. The van der Waals surface area contributed by atoms with Crippen LogP contribution >= 0.6 is 23.2 Å². The zero-order valence-electron chi connectivity index (χ0n) is 16.2. The zero-order chi connectivity index (χ0) is 19.5. The lowest BCUT2D eigenvalue weighted by Crippen LogP contribution is -2.14. The van der Waals surface area contributed by atoms with Crippen molar-refractivity contribution in [2.45, 2.75) is 52.7 Å². The number of hydrogen-bond donors (Lipinski definition) is 1. The molecule has 0 unspecified atom stereocenters. The average molecular weight is 410 g/mol. The first-order valence-electron chi connectivity index (χ1n) is 9.67. The maximum Gasteiger partial charge on any atom is 0.161 e. The number of unbranched alkanes of at least 4 members (excludes halogenated alkanes) is 3. The van der Waals surface area contributed by atoms with Gasteiger partial charge >= 0.3 is 0 Å². The highest BCUT2D eigenvalue weighted by Gasteiger charge is 2.08. The number of ether oxygens (including phenoxy) is 2. The van der Waals surface area contributed by atoms with E-state index in [1.54, 1.807) is 6.07 Å². The van der Waals surface area contributed by atoms with Gasteiger partial charge in [-0.25, -0.2) is 0 Å². The quantitative estimate of drug-likeness (QED) is 0.398. The topological polar surface area (TPSA) is 30.5 Å². The Labute approximate surface area is 173 Å². The first-order valence-corrected chi connectivity index (χ1v) is 10.4. The molecule has 148 valence electrons. The van der Waals surface area contributed by atoms with Gasteiger partial charge in [-0.15, -0.1) is 0 Å². The van der Waals surface area contributed by atoms with Gasteiger partial charge in [0.2, 0.25) is 0 Å². The molecule has 2 aromatic rings. The molecule has 0 amide bonds. The minimum atomic E-state index is 0.409. The summed E-state index contributed by atoms with van der Waals surface area (Å²) < 4.78 is 11.7. The standard InChI is InChI=1S/C22H29Cl2NO2/c1-3-5-6-7-12-25-15-17-9-11-21(22(14-17)26-4-2)27-16-18-8-10-19(23)20(24)13-18/h8-11,13-14,25H,3-7,12,15-16H2,1-2H3. The minimum absolute atomic E-state index is 0.409. The Morgan fingerprint density at radius 3 is 2.37 bits per heavy atom. The number of hydrogen-bond acceptors (Lipinski definition) is 3. The van der Waals surface area contributed by atoms with Crippen LogP contribution in [-0.4, -0.2) is 13.2 Å². The van der Waals surface area contributed by atoms with Crippen molar-refractivity contribution < 1.29 is 9.47 Å². The molecule has 0 fully saturated rings. The van der Waals surface area contributed by atoms with Gasteiger partial charge in [-0.1, -0.05) is 61.5 Å². The molecule has 0 saturated carbocycles. The van der Waals surface area contributed by atoms with Gasteiger partial charge in [-0.2, -0.15) is 0 Å². The smallest absolute Gasteiger partial charge is 0.161 e. The highest BCUT2D eigenvalue weighted by molar-refractivity contribution is 6.42. The van der Waals surface area contributed by atoms with Crippen LogP contribution < -0.4 is 14.8 Å². The van der Waals surface area contributed by atoms with E-state index in [0.717, 1.165) is 30.2 Å². The summed E-state index contributed by atoms with van der Waals surface area (Å²) in [4.78, 5) is 0. The van der Waals surface area contributed by atoms with E-state index in [4.69, 9.17) is 32.7 Å². The first-order chi connectivity index (χ1) is 13.1. The van der Waals surface area contributed by atoms with E-state index in [1.165, 1.54) is 31.2 Å². The third-order valence-corrected chi connectivity index (χ3v) is 4.96. The van der Waals surface area contributed by atoms with Crippen molar-refractivity contribution in [1.29, 1.82) is 0 Å². The lowest BCUT2D eigenvalue weighted by atomic mass is 10.2. The molecule has 0 atom stereocenters. The van der Waals surface area contributed by atoms with Gasteiger partial charge in [-0.05, 0) is 55.3 Å². The Bertz CT molecular complexity index is 707. The minimum Gasteiger partial charge on any atom is -0.490 e. The maximum atomic E-state index is 6.07. The summed E-state index contributed by atoms with van der Waals surface area (Å²) in [5.74, 6) is 1.50. The van der Waals surface area contributed by atoms with Gasteiger partial charge in [-0.3, -0.25) is 0 Å². The summed E-state index contributed by atoms with van der Waals surface area (Å²) in [6.45, 7) is 7.08. The molecule has 0 heterocycles. The second kappa shape index (κ2) is 12.1. The lowest BCUT2D eigenvalue weighted by molar-refractivity contribution is 0.269. The fourth-order valence-electron chi connectivity index (χ4n) is 2.75. The highest BCUT2D eigenvalue weighted by Crippen LogP contribution is 2.30. The van der Waals surface area contributed by atoms with Crippen molar-refractivity contribution in [3.63, 3.8) is 0 Å². The lowest BCUT2D eigenvalue weighted by Gasteiger charge is -2.14. The van der Waals surface area contributed by atoms with Gasteiger partial charge in [0, 0.05) is 6.54 Å². The summed E-state index contributed by atoms with van der Waals surface area (Å²) in [5, 5.41) is 4.57. The van der Waals surface area contributed by atoms with Crippen molar-refractivity contribution >= 4 is 23.2 Å². The molecule has 0 spiro atoms. The van der Waals surface area contributed by atoms with E-state index in [2.05, 4.69) is 18.3 Å². The third-order valence-electron chi connectivity index (χ3n) is 4.22. The monoisotopic (exact) mass is 409 g/mol. The van der Waals surface area contributed by atoms with E-state index in [-0.39, 0.29) is 0 Å². The summed E-state index contributed by atoms with van der Waals surface area (Å²) in [7, 11) is 0. The Kier molecular flexibility index (Phi) is 9.82. The molecule has 5 heteroatoms. The Balaban J connectivity index is 1.92. The van der Waals surface area contributed by atoms with E-state index >= 15 is 0 Å². The summed E-state index contributed by atoms with van der Waals surface area (Å²) in [6, 6.07) is 11.6. The summed E-state index contributed by atoms with van der Waals surface area (Å²) in [5.41, 5.74) is 2.15. The third kappa shape index (κ3) is 7.61. The molecular formula is C22H29Cl2NO2. The van der Waals surface area contributed by atoms with Crippen LogP contribution in [-0.2, 0) is 13.2 Å². The van der Waals surface area contributed by atoms with Crippen LogP contribution in [0.1, 0.15) is 50.7 Å². The molecule has 27 heavy (non-hydrogen) atoms. The molecular weight excluding hydrogens is 381 g/mol. The molecule has 0 saturated heterocycles. The molecule has 0 aliphatic heterocycles. The number of benzene rings is 2. The number of halogens is 2. The van der Waals surface area contributed by atoms with Crippen LogP contribution in [0.3, 0.4) is 0 Å². The first kappa shape index (κ1) is 21.9. The van der Waals surface area contributed by atoms with E-state index in [0.29, 0.717) is 23.3 Å². The Hall–Kier alpha value is -1.42. The van der Waals surface area contributed by atoms with Crippen LogP contribution in [0.5, 0.6) is 11.5 Å². The molecule has 1 N–H and O–H groups in total. The highest BCUT2D eigenvalue weighted by atomic mass is 35.5. The fourth-order valence-corrected chi connectivity index (χ4v) is 3.07. The molecule has 0 aliphatic rings. The number of rotatable bonds is 12. The van der Waals surface area contributed by atoms with Crippen molar-refractivity contribution in [1.82, 2.24) is 5.32 Å². The predicted molar refractivity (Wildman–Crippen MR) is 114 cm³/mol. The molecule has 3 nitrogen and oxygen atoms in total. The van der Waals surface area contributed by atoms with Crippen LogP contribution in [0.2, 0.25) is 10.0 Å². The van der Waals surface area contributed by atoms with Gasteiger partial charge < -0.3 is 14.8 Å². The van der Waals surface area contributed by atoms with Crippen molar-refractivity contribution in [3.8, 4) is 11.5 Å². The Morgan fingerprint density at radius 1 is 0.815 bits per heavy atom. The van der Waals surface area contributed by atoms with Crippen molar-refractivity contribution in [2.75, 3.05) is 13.2 Å². The van der Waals surface area contributed by atoms with Crippen LogP contribution in [0.25, 0.3) is 0 Å². The molecule has 0 bridgehead atoms. The number of nitrogens with one attached hydrogen (secondary N) is 1.